The van der Waals surface area contributed by atoms with Crippen LogP contribution in [0.2, 0.25) is 5.02 Å². The fourth-order valence-corrected chi connectivity index (χ4v) is 4.45. The maximum absolute atomic E-state index is 6.33. The third-order valence-electron chi connectivity index (χ3n) is 5.58. The van der Waals surface area contributed by atoms with Gasteiger partial charge in [0.2, 0.25) is 0 Å². The van der Waals surface area contributed by atoms with Crippen molar-refractivity contribution in [1.29, 1.82) is 0 Å². The van der Waals surface area contributed by atoms with Gasteiger partial charge in [0.1, 0.15) is 0 Å². The van der Waals surface area contributed by atoms with Gasteiger partial charge in [0, 0.05) is 69.1 Å². The molecule has 3 saturated heterocycles. The van der Waals surface area contributed by atoms with Gasteiger partial charge in [0.05, 0.1) is 0 Å². The number of piperazine rings is 2. The van der Waals surface area contributed by atoms with Crippen molar-refractivity contribution < 1.29 is 0 Å². The molecule has 4 nitrogen and oxygen atoms in total. The summed E-state index contributed by atoms with van der Waals surface area (Å²) in [5.74, 6) is 0. The van der Waals surface area contributed by atoms with Gasteiger partial charge in [-0.05, 0) is 37.1 Å². The van der Waals surface area contributed by atoms with Crippen LogP contribution in [0.15, 0.2) is 18.2 Å². The van der Waals surface area contributed by atoms with E-state index in [2.05, 4.69) is 38.2 Å². The standard InChI is InChI=1S/C18H27ClN4/c19-16-4-3-15(13-21-8-5-20-6-9-21)18(12-16)23-11-10-22-7-1-2-17(22)14-23/h3-4,12,17,20H,1-2,5-11,13-14H2. The Balaban J connectivity index is 1.53. The Morgan fingerprint density at radius 1 is 1.09 bits per heavy atom. The smallest absolute Gasteiger partial charge is 0.0427 e. The Morgan fingerprint density at radius 3 is 2.83 bits per heavy atom. The Morgan fingerprint density at radius 2 is 1.96 bits per heavy atom. The van der Waals surface area contributed by atoms with Crippen LogP contribution in [0.1, 0.15) is 18.4 Å². The van der Waals surface area contributed by atoms with Crippen molar-refractivity contribution in [3.63, 3.8) is 0 Å². The second kappa shape index (κ2) is 6.98. The van der Waals surface area contributed by atoms with Gasteiger partial charge in [0.25, 0.3) is 0 Å². The second-order valence-electron chi connectivity index (χ2n) is 7.08. The number of fused-ring (bicyclic) bond motifs is 1. The molecule has 0 aliphatic carbocycles. The highest BCUT2D eigenvalue weighted by Gasteiger charge is 2.31. The summed E-state index contributed by atoms with van der Waals surface area (Å²) in [6.45, 7) is 10.3. The SMILES string of the molecule is Clc1ccc(CN2CCNCC2)c(N2CCN3CCCC3C2)c1. The fourth-order valence-electron chi connectivity index (χ4n) is 4.29. The van der Waals surface area contributed by atoms with Crippen LogP contribution in [0, 0.1) is 0 Å². The van der Waals surface area contributed by atoms with Crippen LogP contribution in [0.25, 0.3) is 0 Å². The highest BCUT2D eigenvalue weighted by Crippen LogP contribution is 2.30. The maximum atomic E-state index is 6.33. The molecule has 0 amide bonds. The number of hydrogen-bond acceptors (Lipinski definition) is 4. The van der Waals surface area contributed by atoms with Crippen molar-refractivity contribution in [2.45, 2.75) is 25.4 Å². The lowest BCUT2D eigenvalue weighted by atomic mass is 10.1. The van der Waals surface area contributed by atoms with E-state index in [0.29, 0.717) is 0 Å². The molecular formula is C18H27ClN4. The van der Waals surface area contributed by atoms with Crippen molar-refractivity contribution in [1.82, 2.24) is 15.1 Å². The summed E-state index contributed by atoms with van der Waals surface area (Å²) in [6.07, 6.45) is 2.71. The normalized spacial score (nSPS) is 26.5. The summed E-state index contributed by atoms with van der Waals surface area (Å²) in [7, 11) is 0. The molecule has 1 aromatic carbocycles. The van der Waals surface area contributed by atoms with Crippen LogP contribution < -0.4 is 10.2 Å². The molecule has 1 unspecified atom stereocenters. The van der Waals surface area contributed by atoms with E-state index < -0.39 is 0 Å². The second-order valence-corrected chi connectivity index (χ2v) is 7.51. The number of benzene rings is 1. The zero-order valence-electron chi connectivity index (χ0n) is 13.8. The molecule has 0 saturated carbocycles. The Kier molecular flexibility index (Phi) is 4.76. The summed E-state index contributed by atoms with van der Waals surface area (Å²) in [6, 6.07) is 7.22. The minimum absolute atomic E-state index is 0.745. The molecule has 3 aliphatic rings. The first kappa shape index (κ1) is 15.7. The molecule has 1 N–H and O–H groups in total. The lowest BCUT2D eigenvalue weighted by molar-refractivity contribution is 0.226. The number of halogens is 1. The number of anilines is 1. The van der Waals surface area contributed by atoms with Crippen LogP contribution in [-0.4, -0.2) is 68.2 Å². The van der Waals surface area contributed by atoms with Gasteiger partial charge in [-0.25, -0.2) is 0 Å². The third kappa shape index (κ3) is 3.50. The van der Waals surface area contributed by atoms with Crippen LogP contribution in [0.5, 0.6) is 0 Å². The lowest BCUT2D eigenvalue weighted by Gasteiger charge is -2.40. The van der Waals surface area contributed by atoms with E-state index in [1.54, 1.807) is 0 Å². The monoisotopic (exact) mass is 334 g/mol. The fraction of sp³-hybridized carbons (Fsp3) is 0.667. The van der Waals surface area contributed by atoms with Gasteiger partial charge in [-0.15, -0.1) is 0 Å². The van der Waals surface area contributed by atoms with Gasteiger partial charge in [0.15, 0.2) is 0 Å². The highest BCUT2D eigenvalue weighted by molar-refractivity contribution is 6.30. The molecule has 3 fully saturated rings. The molecule has 3 aliphatic heterocycles. The van der Waals surface area contributed by atoms with E-state index >= 15 is 0 Å². The number of rotatable bonds is 3. The average Bonchev–Trinajstić information content (AvgIpc) is 3.05. The molecule has 5 heteroatoms. The molecule has 4 rings (SSSR count). The van der Waals surface area contributed by atoms with E-state index in [1.807, 2.05) is 0 Å². The molecule has 0 aromatic heterocycles. The summed E-state index contributed by atoms with van der Waals surface area (Å²) < 4.78 is 0. The molecular weight excluding hydrogens is 308 g/mol. The van der Waals surface area contributed by atoms with Gasteiger partial charge < -0.3 is 10.2 Å². The maximum Gasteiger partial charge on any atom is 0.0427 e. The topological polar surface area (TPSA) is 21.8 Å². The molecule has 126 valence electrons. The minimum atomic E-state index is 0.745. The molecule has 0 bridgehead atoms. The Bertz CT molecular complexity index is 544. The van der Waals surface area contributed by atoms with E-state index in [1.165, 1.54) is 37.2 Å². The predicted molar refractivity (Wildman–Crippen MR) is 96.4 cm³/mol. The zero-order chi connectivity index (χ0) is 15.6. The van der Waals surface area contributed by atoms with E-state index in [0.717, 1.165) is 56.9 Å². The quantitative estimate of drug-likeness (QED) is 0.913. The first-order valence-electron chi connectivity index (χ1n) is 9.00. The van der Waals surface area contributed by atoms with Gasteiger partial charge >= 0.3 is 0 Å². The molecule has 0 spiro atoms. The first-order valence-corrected chi connectivity index (χ1v) is 9.38. The van der Waals surface area contributed by atoms with Crippen molar-refractivity contribution in [2.75, 3.05) is 57.3 Å². The number of nitrogens with one attached hydrogen (secondary N) is 1. The van der Waals surface area contributed by atoms with E-state index in [4.69, 9.17) is 11.6 Å². The van der Waals surface area contributed by atoms with E-state index in [-0.39, 0.29) is 0 Å². The molecule has 1 aromatic rings. The summed E-state index contributed by atoms with van der Waals surface area (Å²) in [4.78, 5) is 7.79. The van der Waals surface area contributed by atoms with Crippen molar-refractivity contribution >= 4 is 17.3 Å². The average molecular weight is 335 g/mol. The molecule has 0 radical (unpaired) electrons. The van der Waals surface area contributed by atoms with Gasteiger partial charge in [-0.1, -0.05) is 17.7 Å². The summed E-state index contributed by atoms with van der Waals surface area (Å²) in [5, 5.41) is 4.29. The molecule has 3 heterocycles. The predicted octanol–water partition coefficient (Wildman–Crippen LogP) is 2.03. The molecule has 23 heavy (non-hydrogen) atoms. The first-order chi connectivity index (χ1) is 11.3. The summed E-state index contributed by atoms with van der Waals surface area (Å²) >= 11 is 6.33. The van der Waals surface area contributed by atoms with E-state index in [9.17, 15) is 0 Å². The molecule has 1 atom stereocenters. The number of nitrogens with zero attached hydrogens (tertiary/aromatic N) is 3. The zero-order valence-corrected chi connectivity index (χ0v) is 14.6. The number of hydrogen-bond donors (Lipinski definition) is 1. The van der Waals surface area contributed by atoms with Gasteiger partial charge in [-0.3, -0.25) is 9.80 Å². The summed E-state index contributed by atoms with van der Waals surface area (Å²) in [5.41, 5.74) is 2.80. The Labute approximate surface area is 144 Å². The van der Waals surface area contributed by atoms with Crippen molar-refractivity contribution in [3.8, 4) is 0 Å². The van der Waals surface area contributed by atoms with Crippen LogP contribution in [-0.2, 0) is 6.54 Å². The van der Waals surface area contributed by atoms with Crippen molar-refractivity contribution in [3.05, 3.63) is 28.8 Å². The third-order valence-corrected chi connectivity index (χ3v) is 5.81. The van der Waals surface area contributed by atoms with Crippen LogP contribution in [0.3, 0.4) is 0 Å². The van der Waals surface area contributed by atoms with Crippen LogP contribution in [0.4, 0.5) is 5.69 Å². The largest absolute Gasteiger partial charge is 0.368 e. The van der Waals surface area contributed by atoms with Crippen LogP contribution >= 0.6 is 11.6 Å². The van der Waals surface area contributed by atoms with Crippen molar-refractivity contribution in [2.24, 2.45) is 0 Å². The lowest BCUT2D eigenvalue weighted by Crippen LogP contribution is -2.50. The highest BCUT2D eigenvalue weighted by atomic mass is 35.5. The van der Waals surface area contributed by atoms with Gasteiger partial charge in [-0.2, -0.15) is 0 Å². The Hall–Kier alpha value is -0.810. The minimum Gasteiger partial charge on any atom is -0.368 e.